The fourth-order valence-electron chi connectivity index (χ4n) is 2.97. The molecule has 1 atom stereocenters. The molecule has 1 amide bonds. The number of nitrogens with zero attached hydrogens (tertiary/aromatic N) is 2. The first kappa shape index (κ1) is 16.9. The number of halogens is 1. The highest BCUT2D eigenvalue weighted by Crippen LogP contribution is 2.23. The van der Waals surface area contributed by atoms with Crippen molar-refractivity contribution in [3.63, 3.8) is 0 Å². The molecule has 132 valence electrons. The maximum atomic E-state index is 13.9. The van der Waals surface area contributed by atoms with E-state index in [1.807, 2.05) is 0 Å². The number of benzene rings is 1. The molecule has 25 heavy (non-hydrogen) atoms. The van der Waals surface area contributed by atoms with Gasteiger partial charge in [-0.05, 0) is 37.0 Å². The van der Waals surface area contributed by atoms with E-state index in [0.29, 0.717) is 5.56 Å². The van der Waals surface area contributed by atoms with Crippen molar-refractivity contribution in [1.29, 1.82) is 0 Å². The van der Waals surface area contributed by atoms with Crippen molar-refractivity contribution < 1.29 is 23.8 Å². The molecule has 1 aromatic heterocycles. The van der Waals surface area contributed by atoms with Crippen molar-refractivity contribution in [3.05, 3.63) is 47.0 Å². The van der Waals surface area contributed by atoms with Gasteiger partial charge in [0.15, 0.2) is 17.6 Å². The normalized spacial score (nSPS) is 14.5. The molecule has 2 N–H and O–H groups in total. The Labute approximate surface area is 143 Å². The van der Waals surface area contributed by atoms with Gasteiger partial charge in [-0.2, -0.15) is 5.10 Å². The Bertz CT molecular complexity index is 818. The fourth-order valence-corrected chi connectivity index (χ4v) is 2.97. The first-order valence-electron chi connectivity index (χ1n) is 7.93. The van der Waals surface area contributed by atoms with Crippen LogP contribution in [-0.2, 0) is 17.8 Å². The van der Waals surface area contributed by atoms with E-state index >= 15 is 0 Å². The van der Waals surface area contributed by atoms with E-state index in [4.69, 9.17) is 4.74 Å². The number of aliphatic carboxylic acids is 1. The molecule has 0 bridgehead atoms. The number of hydrogen-bond acceptors (Lipinski definition) is 4. The van der Waals surface area contributed by atoms with Crippen molar-refractivity contribution in [2.24, 2.45) is 0 Å². The summed E-state index contributed by atoms with van der Waals surface area (Å²) in [5.74, 6) is -2.50. The average Bonchev–Trinajstić information content (AvgIpc) is 3.03. The predicted molar refractivity (Wildman–Crippen MR) is 86.0 cm³/mol. The van der Waals surface area contributed by atoms with E-state index in [2.05, 4.69) is 10.4 Å². The van der Waals surface area contributed by atoms with Gasteiger partial charge in [-0.15, -0.1) is 0 Å². The number of fused-ring (bicyclic) bond motifs is 1. The van der Waals surface area contributed by atoms with Gasteiger partial charge >= 0.3 is 5.97 Å². The Morgan fingerprint density at radius 3 is 2.88 bits per heavy atom. The zero-order chi connectivity index (χ0) is 18.0. The summed E-state index contributed by atoms with van der Waals surface area (Å²) < 4.78 is 20.5. The van der Waals surface area contributed by atoms with Crippen LogP contribution in [0.15, 0.2) is 24.4 Å². The van der Waals surface area contributed by atoms with E-state index < -0.39 is 23.7 Å². The van der Waals surface area contributed by atoms with Gasteiger partial charge in [-0.25, -0.2) is 9.18 Å². The number of carboxylic acids is 1. The minimum Gasteiger partial charge on any atom is -0.494 e. The standard InChI is InChI=1S/C17H18FN3O4/c1-25-14-6-5-10(8-12(14)18)15(17(23)24)20-16(22)11-9-19-21-7-3-2-4-13(11)21/h5-6,8-9,15H,2-4,7H2,1H3,(H,20,22)(H,23,24)/t15-/m1/s1. The zero-order valence-electron chi connectivity index (χ0n) is 13.7. The molecule has 1 aliphatic heterocycles. The summed E-state index contributed by atoms with van der Waals surface area (Å²) in [6, 6.07) is 2.42. The van der Waals surface area contributed by atoms with Gasteiger partial charge < -0.3 is 15.2 Å². The second-order valence-corrected chi connectivity index (χ2v) is 5.82. The lowest BCUT2D eigenvalue weighted by molar-refractivity contribution is -0.139. The monoisotopic (exact) mass is 347 g/mol. The molecule has 2 heterocycles. The first-order valence-corrected chi connectivity index (χ1v) is 7.93. The summed E-state index contributed by atoms with van der Waals surface area (Å²) in [5.41, 5.74) is 1.29. The van der Waals surface area contributed by atoms with Crippen LogP contribution in [0.1, 0.15) is 40.5 Å². The van der Waals surface area contributed by atoms with E-state index in [-0.39, 0.29) is 11.3 Å². The van der Waals surface area contributed by atoms with Gasteiger partial charge in [0.2, 0.25) is 0 Å². The highest BCUT2D eigenvalue weighted by atomic mass is 19.1. The van der Waals surface area contributed by atoms with Crippen molar-refractivity contribution in [2.75, 3.05) is 7.11 Å². The molecule has 7 nitrogen and oxygen atoms in total. The summed E-state index contributed by atoms with van der Waals surface area (Å²) in [6.45, 7) is 0.745. The Balaban J connectivity index is 1.85. The number of aromatic nitrogens is 2. The lowest BCUT2D eigenvalue weighted by Gasteiger charge is -2.17. The molecular formula is C17H18FN3O4. The Morgan fingerprint density at radius 2 is 2.20 bits per heavy atom. The van der Waals surface area contributed by atoms with Crippen LogP contribution in [0.3, 0.4) is 0 Å². The molecule has 0 saturated heterocycles. The summed E-state index contributed by atoms with van der Waals surface area (Å²) in [5, 5.41) is 16.1. The number of carbonyl (C=O) groups is 2. The number of methoxy groups -OCH3 is 1. The van der Waals surface area contributed by atoms with Crippen molar-refractivity contribution in [1.82, 2.24) is 15.1 Å². The second kappa shape index (κ2) is 6.92. The molecule has 0 saturated carbocycles. The van der Waals surface area contributed by atoms with Gasteiger partial charge in [0.05, 0.1) is 24.6 Å². The van der Waals surface area contributed by atoms with Crippen LogP contribution < -0.4 is 10.1 Å². The summed E-state index contributed by atoms with van der Waals surface area (Å²) >= 11 is 0. The van der Waals surface area contributed by atoms with Crippen LogP contribution in [0, 0.1) is 5.82 Å². The molecule has 0 spiro atoms. The molecule has 8 heteroatoms. The smallest absolute Gasteiger partial charge is 0.330 e. The Hall–Kier alpha value is -2.90. The third-order valence-corrected chi connectivity index (χ3v) is 4.26. The second-order valence-electron chi connectivity index (χ2n) is 5.82. The zero-order valence-corrected chi connectivity index (χ0v) is 13.7. The van der Waals surface area contributed by atoms with E-state index in [0.717, 1.165) is 37.6 Å². The lowest BCUT2D eigenvalue weighted by Crippen LogP contribution is -2.34. The van der Waals surface area contributed by atoms with Crippen LogP contribution in [0.5, 0.6) is 5.75 Å². The van der Waals surface area contributed by atoms with Crippen molar-refractivity contribution in [3.8, 4) is 5.75 Å². The van der Waals surface area contributed by atoms with Crippen LogP contribution in [-0.4, -0.2) is 33.9 Å². The van der Waals surface area contributed by atoms with E-state index in [9.17, 15) is 19.1 Å². The minimum atomic E-state index is -1.37. The molecule has 0 fully saturated rings. The Kier molecular flexibility index (Phi) is 4.69. The number of ether oxygens (including phenoxy) is 1. The fraction of sp³-hybridized carbons (Fsp3) is 0.353. The number of amides is 1. The molecule has 3 rings (SSSR count). The number of rotatable bonds is 5. The minimum absolute atomic E-state index is 0.00456. The number of carboxylic acid groups (broad SMARTS) is 1. The molecule has 1 aliphatic rings. The molecule has 2 aromatic rings. The average molecular weight is 347 g/mol. The Morgan fingerprint density at radius 1 is 1.40 bits per heavy atom. The molecular weight excluding hydrogens is 329 g/mol. The van der Waals surface area contributed by atoms with Crippen LogP contribution >= 0.6 is 0 Å². The lowest BCUT2D eigenvalue weighted by atomic mass is 10.0. The van der Waals surface area contributed by atoms with Crippen LogP contribution in [0.4, 0.5) is 4.39 Å². The third-order valence-electron chi connectivity index (χ3n) is 4.26. The van der Waals surface area contributed by atoms with E-state index in [1.165, 1.54) is 25.4 Å². The summed E-state index contributed by atoms with van der Waals surface area (Å²) in [7, 11) is 1.32. The number of nitrogens with one attached hydrogen (secondary N) is 1. The van der Waals surface area contributed by atoms with Crippen LogP contribution in [0.2, 0.25) is 0 Å². The first-order chi connectivity index (χ1) is 12.0. The van der Waals surface area contributed by atoms with Gasteiger partial charge in [0.1, 0.15) is 0 Å². The molecule has 0 unspecified atom stereocenters. The topological polar surface area (TPSA) is 93.5 Å². The third kappa shape index (κ3) is 3.33. The van der Waals surface area contributed by atoms with Gasteiger partial charge in [-0.3, -0.25) is 9.48 Å². The number of carbonyl (C=O) groups excluding carboxylic acids is 1. The van der Waals surface area contributed by atoms with Gasteiger partial charge in [0, 0.05) is 6.54 Å². The quantitative estimate of drug-likeness (QED) is 0.862. The maximum Gasteiger partial charge on any atom is 0.330 e. The number of hydrogen-bond donors (Lipinski definition) is 2. The van der Waals surface area contributed by atoms with Crippen molar-refractivity contribution >= 4 is 11.9 Å². The molecule has 0 aliphatic carbocycles. The van der Waals surface area contributed by atoms with Gasteiger partial charge in [0.25, 0.3) is 5.91 Å². The van der Waals surface area contributed by atoms with Crippen LogP contribution in [0.25, 0.3) is 0 Å². The SMILES string of the molecule is COc1ccc([C@@H](NC(=O)c2cnn3c2CCCC3)C(=O)O)cc1F. The molecule has 1 aromatic carbocycles. The maximum absolute atomic E-state index is 13.9. The van der Waals surface area contributed by atoms with Crippen molar-refractivity contribution in [2.45, 2.75) is 31.8 Å². The largest absolute Gasteiger partial charge is 0.494 e. The number of aryl methyl sites for hydroxylation is 1. The molecule has 0 radical (unpaired) electrons. The predicted octanol–water partition coefficient (Wildman–Crippen LogP) is 1.92. The van der Waals surface area contributed by atoms with E-state index in [1.54, 1.807) is 4.68 Å². The summed E-state index contributed by atoms with van der Waals surface area (Å²) in [4.78, 5) is 24.1. The van der Waals surface area contributed by atoms with Gasteiger partial charge in [-0.1, -0.05) is 6.07 Å². The summed E-state index contributed by atoms with van der Waals surface area (Å²) in [6.07, 6.45) is 4.12. The highest BCUT2D eigenvalue weighted by molar-refractivity contribution is 5.97. The highest BCUT2D eigenvalue weighted by Gasteiger charge is 2.27.